The summed E-state index contributed by atoms with van der Waals surface area (Å²) in [5.74, 6) is 0. The molecule has 12 heavy (non-hydrogen) atoms. The van der Waals surface area contributed by atoms with Gasteiger partial charge in [-0.1, -0.05) is 29.8 Å². The minimum absolute atomic E-state index is 0.293. The van der Waals surface area contributed by atoms with Crippen LogP contribution >= 0.6 is 11.6 Å². The van der Waals surface area contributed by atoms with E-state index >= 15 is 0 Å². The molecule has 1 rings (SSSR count). The molecule has 0 saturated heterocycles. The Labute approximate surface area is 76.5 Å². The Kier molecular flexibility index (Phi) is 3.50. The molecule has 66 valence electrons. The Morgan fingerprint density at radius 3 is 2.67 bits per heavy atom. The van der Waals surface area contributed by atoms with Crippen molar-refractivity contribution < 1.29 is 4.39 Å². The largest absolute Gasteiger partial charge is 0.311 e. The number of nitrogens with one attached hydrogen (secondary N) is 1. The highest BCUT2D eigenvalue weighted by atomic mass is 35.5. The van der Waals surface area contributed by atoms with Gasteiger partial charge in [0.1, 0.15) is 6.67 Å². The van der Waals surface area contributed by atoms with Crippen molar-refractivity contribution in [2.45, 2.75) is 6.04 Å². The first-order valence-electron chi connectivity index (χ1n) is 3.77. The first kappa shape index (κ1) is 9.49. The predicted octanol–water partition coefficient (Wildman–Crippen LogP) is 2.57. The molecule has 0 radical (unpaired) electrons. The monoisotopic (exact) mass is 187 g/mol. The van der Waals surface area contributed by atoms with Crippen molar-refractivity contribution >= 4 is 11.6 Å². The molecule has 0 aliphatic carbocycles. The molecule has 0 aliphatic heterocycles. The van der Waals surface area contributed by atoms with E-state index in [1.54, 1.807) is 13.1 Å². The molecule has 0 aromatic heterocycles. The van der Waals surface area contributed by atoms with Gasteiger partial charge in [-0.15, -0.1) is 0 Å². The van der Waals surface area contributed by atoms with Crippen LogP contribution in [0.3, 0.4) is 0 Å². The lowest BCUT2D eigenvalue weighted by molar-refractivity contribution is 0.400. The minimum atomic E-state index is -0.444. The van der Waals surface area contributed by atoms with E-state index < -0.39 is 6.67 Å². The zero-order valence-corrected chi connectivity index (χ0v) is 7.61. The van der Waals surface area contributed by atoms with E-state index in [2.05, 4.69) is 5.32 Å². The lowest BCUT2D eigenvalue weighted by Gasteiger charge is -2.13. The Hall–Kier alpha value is -0.600. The molecule has 3 heteroatoms. The van der Waals surface area contributed by atoms with Crippen LogP contribution in [0.1, 0.15) is 11.6 Å². The summed E-state index contributed by atoms with van der Waals surface area (Å²) in [6.45, 7) is -0.444. The van der Waals surface area contributed by atoms with Gasteiger partial charge in [0.05, 0.1) is 6.04 Å². The van der Waals surface area contributed by atoms with Gasteiger partial charge in [0.25, 0.3) is 0 Å². The van der Waals surface area contributed by atoms with E-state index in [1.807, 2.05) is 18.2 Å². The Balaban J connectivity index is 2.92. The van der Waals surface area contributed by atoms with Crippen molar-refractivity contribution in [1.29, 1.82) is 0 Å². The smallest absolute Gasteiger partial charge is 0.109 e. The molecule has 1 aromatic carbocycles. The Bertz CT molecular complexity index is 248. The maximum atomic E-state index is 12.4. The van der Waals surface area contributed by atoms with Crippen LogP contribution in [0, 0.1) is 0 Å². The molecule has 0 aliphatic rings. The second kappa shape index (κ2) is 4.43. The zero-order valence-electron chi connectivity index (χ0n) is 6.85. The molecule has 1 atom stereocenters. The standard InChI is InChI=1S/C9H11ClFN/c1-12-9(6-11)7-4-2-3-5-8(7)10/h2-5,9,12H,6H2,1H3. The molecule has 0 bridgehead atoms. The van der Waals surface area contributed by atoms with Crippen molar-refractivity contribution in [3.05, 3.63) is 34.9 Å². The molecule has 1 nitrogen and oxygen atoms in total. The van der Waals surface area contributed by atoms with Crippen LogP contribution in [0.2, 0.25) is 5.02 Å². The van der Waals surface area contributed by atoms with Crippen LogP contribution in [0.25, 0.3) is 0 Å². The van der Waals surface area contributed by atoms with Gasteiger partial charge in [0.2, 0.25) is 0 Å². The van der Waals surface area contributed by atoms with E-state index in [1.165, 1.54) is 0 Å². The summed E-state index contributed by atoms with van der Waals surface area (Å²) in [5, 5.41) is 3.46. The number of benzene rings is 1. The molecule has 0 fully saturated rings. The third kappa shape index (κ3) is 1.96. The normalized spacial score (nSPS) is 12.9. The maximum absolute atomic E-state index is 12.4. The molecule has 0 amide bonds. The van der Waals surface area contributed by atoms with Gasteiger partial charge in [-0.3, -0.25) is 0 Å². The lowest BCUT2D eigenvalue weighted by atomic mass is 10.1. The van der Waals surface area contributed by atoms with Gasteiger partial charge in [-0.2, -0.15) is 0 Å². The maximum Gasteiger partial charge on any atom is 0.109 e. The summed E-state index contributed by atoms with van der Waals surface area (Å²) in [4.78, 5) is 0. The molecular weight excluding hydrogens is 177 g/mol. The van der Waals surface area contributed by atoms with E-state index in [-0.39, 0.29) is 6.04 Å². The van der Waals surface area contributed by atoms with Crippen LogP contribution in [0.4, 0.5) is 4.39 Å². The van der Waals surface area contributed by atoms with E-state index in [0.29, 0.717) is 5.02 Å². The van der Waals surface area contributed by atoms with Crippen molar-refractivity contribution in [2.24, 2.45) is 0 Å². The lowest BCUT2D eigenvalue weighted by Crippen LogP contribution is -2.18. The van der Waals surface area contributed by atoms with E-state index in [9.17, 15) is 4.39 Å². The van der Waals surface area contributed by atoms with Gasteiger partial charge in [0, 0.05) is 5.02 Å². The van der Waals surface area contributed by atoms with Crippen molar-refractivity contribution in [2.75, 3.05) is 13.7 Å². The van der Waals surface area contributed by atoms with Crippen LogP contribution in [-0.4, -0.2) is 13.7 Å². The van der Waals surface area contributed by atoms with Crippen LogP contribution in [0.15, 0.2) is 24.3 Å². The summed E-state index contributed by atoms with van der Waals surface area (Å²) >= 11 is 5.87. The number of alkyl halides is 1. The molecule has 1 aromatic rings. The highest BCUT2D eigenvalue weighted by Crippen LogP contribution is 2.22. The number of halogens is 2. The molecular formula is C9H11ClFN. The van der Waals surface area contributed by atoms with E-state index in [0.717, 1.165) is 5.56 Å². The Morgan fingerprint density at radius 2 is 2.17 bits per heavy atom. The van der Waals surface area contributed by atoms with Crippen LogP contribution in [-0.2, 0) is 0 Å². The first-order valence-corrected chi connectivity index (χ1v) is 4.15. The fourth-order valence-corrected chi connectivity index (χ4v) is 1.34. The minimum Gasteiger partial charge on any atom is -0.311 e. The predicted molar refractivity (Wildman–Crippen MR) is 49.2 cm³/mol. The summed E-state index contributed by atoms with van der Waals surface area (Å²) in [7, 11) is 1.72. The average Bonchev–Trinajstić information content (AvgIpc) is 2.10. The molecule has 1 N–H and O–H groups in total. The van der Waals surface area contributed by atoms with Crippen LogP contribution < -0.4 is 5.32 Å². The third-order valence-corrected chi connectivity index (χ3v) is 2.13. The summed E-state index contributed by atoms with van der Waals surface area (Å²) in [6, 6.07) is 6.97. The highest BCUT2D eigenvalue weighted by Gasteiger charge is 2.10. The number of rotatable bonds is 3. The highest BCUT2D eigenvalue weighted by molar-refractivity contribution is 6.31. The first-order chi connectivity index (χ1) is 5.79. The third-order valence-electron chi connectivity index (χ3n) is 1.78. The second-order valence-electron chi connectivity index (χ2n) is 2.52. The van der Waals surface area contributed by atoms with Crippen molar-refractivity contribution in [3.63, 3.8) is 0 Å². The SMILES string of the molecule is CNC(CF)c1ccccc1Cl. The second-order valence-corrected chi connectivity index (χ2v) is 2.92. The van der Waals surface area contributed by atoms with Gasteiger partial charge in [-0.05, 0) is 18.7 Å². The quantitative estimate of drug-likeness (QED) is 0.767. The van der Waals surface area contributed by atoms with E-state index in [4.69, 9.17) is 11.6 Å². The van der Waals surface area contributed by atoms with Crippen molar-refractivity contribution in [1.82, 2.24) is 5.32 Å². The number of hydrogen-bond acceptors (Lipinski definition) is 1. The molecule has 0 heterocycles. The topological polar surface area (TPSA) is 12.0 Å². The summed E-state index contributed by atoms with van der Waals surface area (Å²) in [6.07, 6.45) is 0. The van der Waals surface area contributed by atoms with Gasteiger partial charge < -0.3 is 5.32 Å². The van der Waals surface area contributed by atoms with Gasteiger partial charge in [-0.25, -0.2) is 4.39 Å². The fraction of sp³-hybridized carbons (Fsp3) is 0.333. The molecule has 0 spiro atoms. The molecule has 0 saturated carbocycles. The number of hydrogen-bond donors (Lipinski definition) is 1. The zero-order chi connectivity index (χ0) is 8.97. The Morgan fingerprint density at radius 1 is 1.50 bits per heavy atom. The van der Waals surface area contributed by atoms with Gasteiger partial charge >= 0.3 is 0 Å². The van der Waals surface area contributed by atoms with Gasteiger partial charge in [0.15, 0.2) is 0 Å². The van der Waals surface area contributed by atoms with Crippen LogP contribution in [0.5, 0.6) is 0 Å². The summed E-state index contributed by atoms with van der Waals surface area (Å²) < 4.78 is 12.4. The fourth-order valence-electron chi connectivity index (χ4n) is 1.07. The molecule has 1 unspecified atom stereocenters. The summed E-state index contributed by atoms with van der Waals surface area (Å²) in [5.41, 5.74) is 0.809. The van der Waals surface area contributed by atoms with Crippen molar-refractivity contribution in [3.8, 4) is 0 Å². The average molecular weight is 188 g/mol.